The van der Waals surface area contributed by atoms with Crippen molar-refractivity contribution in [3.8, 4) is 5.75 Å². The van der Waals surface area contributed by atoms with Crippen molar-refractivity contribution < 1.29 is 14.3 Å². The van der Waals surface area contributed by atoms with Crippen LogP contribution in [0.1, 0.15) is 16.1 Å². The van der Waals surface area contributed by atoms with E-state index in [4.69, 9.17) is 21.1 Å². The number of hydrogen-bond donors (Lipinski definition) is 0. The van der Waals surface area contributed by atoms with Gasteiger partial charge in [0, 0.05) is 31.9 Å². The molecule has 122 valence electrons. The van der Waals surface area contributed by atoms with Gasteiger partial charge in [-0.15, -0.1) is 0 Å². The minimum Gasteiger partial charge on any atom is -0.486 e. The molecule has 1 aromatic heterocycles. The molecule has 1 aliphatic heterocycles. The highest BCUT2D eigenvalue weighted by molar-refractivity contribution is 6.32. The van der Waals surface area contributed by atoms with Gasteiger partial charge >= 0.3 is 0 Å². The first-order chi connectivity index (χ1) is 11.1. The van der Waals surface area contributed by atoms with Crippen molar-refractivity contribution in [2.75, 3.05) is 26.3 Å². The molecule has 0 atom stereocenters. The fourth-order valence-corrected chi connectivity index (χ4v) is 2.63. The predicted molar refractivity (Wildman–Crippen MR) is 85.7 cm³/mol. The van der Waals surface area contributed by atoms with Crippen molar-refractivity contribution >= 4 is 17.5 Å². The van der Waals surface area contributed by atoms with Crippen LogP contribution in [-0.4, -0.2) is 46.9 Å². The molecule has 0 spiro atoms. The average Bonchev–Trinajstić information content (AvgIpc) is 2.99. The number of hydrogen-bond acceptors (Lipinski definition) is 4. The molecule has 0 N–H and O–H groups in total. The molecule has 0 radical (unpaired) electrons. The van der Waals surface area contributed by atoms with Crippen molar-refractivity contribution in [2.45, 2.75) is 6.61 Å². The minimum absolute atomic E-state index is 0.0339. The number of ether oxygens (including phenoxy) is 2. The van der Waals surface area contributed by atoms with E-state index < -0.39 is 0 Å². The fraction of sp³-hybridized carbons (Fsp3) is 0.375. The zero-order valence-corrected chi connectivity index (χ0v) is 13.6. The summed E-state index contributed by atoms with van der Waals surface area (Å²) in [6, 6.07) is 7.00. The lowest BCUT2D eigenvalue weighted by atomic mass is 10.2. The van der Waals surface area contributed by atoms with Crippen LogP contribution in [0.2, 0.25) is 5.02 Å². The number of amides is 1. The maximum Gasteiger partial charge on any atom is 0.254 e. The highest BCUT2D eigenvalue weighted by Crippen LogP contribution is 2.27. The van der Waals surface area contributed by atoms with E-state index in [1.165, 1.54) is 0 Å². The first-order valence-corrected chi connectivity index (χ1v) is 7.79. The number of carbonyl (C=O) groups is 1. The summed E-state index contributed by atoms with van der Waals surface area (Å²) < 4.78 is 12.7. The molecule has 1 aromatic carbocycles. The van der Waals surface area contributed by atoms with Crippen LogP contribution in [0.3, 0.4) is 0 Å². The lowest BCUT2D eigenvalue weighted by Crippen LogP contribution is -2.40. The molecule has 6 nitrogen and oxygen atoms in total. The van der Waals surface area contributed by atoms with Gasteiger partial charge in [0.15, 0.2) is 0 Å². The summed E-state index contributed by atoms with van der Waals surface area (Å²) in [6.45, 7) is 2.73. The largest absolute Gasteiger partial charge is 0.486 e. The summed E-state index contributed by atoms with van der Waals surface area (Å²) in [6.07, 6.45) is 1.71. The molecule has 3 rings (SSSR count). The fourth-order valence-electron chi connectivity index (χ4n) is 2.39. The summed E-state index contributed by atoms with van der Waals surface area (Å²) in [5.41, 5.74) is 1.50. The van der Waals surface area contributed by atoms with Crippen LogP contribution < -0.4 is 4.74 Å². The first-order valence-electron chi connectivity index (χ1n) is 7.41. The monoisotopic (exact) mass is 335 g/mol. The van der Waals surface area contributed by atoms with Gasteiger partial charge in [0.25, 0.3) is 5.91 Å². The molecule has 2 heterocycles. The van der Waals surface area contributed by atoms with Crippen molar-refractivity contribution in [1.82, 2.24) is 14.7 Å². The van der Waals surface area contributed by atoms with Gasteiger partial charge in [-0.2, -0.15) is 5.10 Å². The van der Waals surface area contributed by atoms with E-state index in [-0.39, 0.29) is 5.91 Å². The third kappa shape index (κ3) is 3.65. The second kappa shape index (κ2) is 7.02. The van der Waals surface area contributed by atoms with Crippen LogP contribution in [0.4, 0.5) is 0 Å². The van der Waals surface area contributed by atoms with Gasteiger partial charge in [-0.3, -0.25) is 9.48 Å². The molecule has 0 unspecified atom stereocenters. The van der Waals surface area contributed by atoms with Crippen LogP contribution in [0, 0.1) is 0 Å². The second-order valence-electron chi connectivity index (χ2n) is 5.28. The van der Waals surface area contributed by atoms with E-state index >= 15 is 0 Å². The third-order valence-corrected chi connectivity index (χ3v) is 4.07. The molecule has 0 bridgehead atoms. The third-order valence-electron chi connectivity index (χ3n) is 3.78. The average molecular weight is 336 g/mol. The number of morpholine rings is 1. The Bertz CT molecular complexity index is 696. The van der Waals surface area contributed by atoms with Gasteiger partial charge in [0.1, 0.15) is 12.4 Å². The molecule has 0 saturated carbocycles. The standard InChI is InChI=1S/C16H18ClN3O3/c1-19-13(4-5-18-19)11-23-15-3-2-12(10-14(15)17)16(21)20-6-8-22-9-7-20/h2-5,10H,6-9,11H2,1H3. The normalized spacial score (nSPS) is 14.8. The summed E-state index contributed by atoms with van der Waals surface area (Å²) in [5.74, 6) is 0.514. The van der Waals surface area contributed by atoms with Gasteiger partial charge in [0.2, 0.25) is 0 Å². The Morgan fingerprint density at radius 3 is 2.78 bits per heavy atom. The van der Waals surface area contributed by atoms with Gasteiger partial charge in [-0.05, 0) is 24.3 Å². The highest BCUT2D eigenvalue weighted by Gasteiger charge is 2.19. The second-order valence-corrected chi connectivity index (χ2v) is 5.69. The molecule has 0 aliphatic carbocycles. The molecule has 7 heteroatoms. The molecule has 1 fully saturated rings. The summed E-state index contributed by atoms with van der Waals surface area (Å²) in [7, 11) is 1.85. The Labute approximate surface area is 139 Å². The predicted octanol–water partition coefficient (Wildman–Crippen LogP) is 2.12. The number of halogens is 1. The van der Waals surface area contributed by atoms with E-state index in [9.17, 15) is 4.79 Å². The van der Waals surface area contributed by atoms with E-state index in [0.29, 0.717) is 49.2 Å². The topological polar surface area (TPSA) is 56.6 Å². The maximum absolute atomic E-state index is 12.4. The molecular weight excluding hydrogens is 318 g/mol. The highest BCUT2D eigenvalue weighted by atomic mass is 35.5. The quantitative estimate of drug-likeness (QED) is 0.859. The number of benzene rings is 1. The Morgan fingerprint density at radius 1 is 1.35 bits per heavy atom. The van der Waals surface area contributed by atoms with Gasteiger partial charge in [-0.1, -0.05) is 11.6 Å². The first kappa shape index (κ1) is 15.8. The summed E-state index contributed by atoms with van der Waals surface area (Å²) in [5, 5.41) is 4.51. The Morgan fingerprint density at radius 2 is 2.13 bits per heavy atom. The smallest absolute Gasteiger partial charge is 0.254 e. The van der Waals surface area contributed by atoms with E-state index in [2.05, 4.69) is 5.10 Å². The van der Waals surface area contributed by atoms with Crippen molar-refractivity contribution in [1.29, 1.82) is 0 Å². The Hall–Kier alpha value is -2.05. The van der Waals surface area contributed by atoms with Crippen molar-refractivity contribution in [3.05, 3.63) is 46.7 Å². The lowest BCUT2D eigenvalue weighted by molar-refractivity contribution is 0.0303. The molecule has 23 heavy (non-hydrogen) atoms. The summed E-state index contributed by atoms with van der Waals surface area (Å²) >= 11 is 6.25. The maximum atomic E-state index is 12.4. The van der Waals surface area contributed by atoms with Gasteiger partial charge in [0.05, 0.1) is 23.9 Å². The number of rotatable bonds is 4. The van der Waals surface area contributed by atoms with Crippen LogP contribution in [0.25, 0.3) is 0 Å². The van der Waals surface area contributed by atoms with E-state index in [1.807, 2.05) is 13.1 Å². The minimum atomic E-state index is -0.0339. The van der Waals surface area contributed by atoms with Crippen LogP contribution in [0.15, 0.2) is 30.5 Å². The van der Waals surface area contributed by atoms with E-state index in [1.54, 1.807) is 34.0 Å². The Balaban J connectivity index is 1.67. The number of aromatic nitrogens is 2. The van der Waals surface area contributed by atoms with Gasteiger partial charge < -0.3 is 14.4 Å². The van der Waals surface area contributed by atoms with E-state index in [0.717, 1.165) is 5.69 Å². The van der Waals surface area contributed by atoms with Crippen molar-refractivity contribution in [3.63, 3.8) is 0 Å². The van der Waals surface area contributed by atoms with Gasteiger partial charge in [-0.25, -0.2) is 0 Å². The zero-order chi connectivity index (χ0) is 16.2. The SMILES string of the molecule is Cn1nccc1COc1ccc(C(=O)N2CCOCC2)cc1Cl. The van der Waals surface area contributed by atoms with Crippen LogP contribution in [-0.2, 0) is 18.4 Å². The zero-order valence-electron chi connectivity index (χ0n) is 12.9. The van der Waals surface area contributed by atoms with Crippen LogP contribution >= 0.6 is 11.6 Å². The molecular formula is C16H18ClN3O3. The molecule has 2 aromatic rings. The van der Waals surface area contributed by atoms with Crippen LogP contribution in [0.5, 0.6) is 5.75 Å². The number of carbonyl (C=O) groups excluding carboxylic acids is 1. The summed E-state index contributed by atoms with van der Waals surface area (Å²) in [4.78, 5) is 14.2. The van der Waals surface area contributed by atoms with Crippen molar-refractivity contribution in [2.24, 2.45) is 7.05 Å². The molecule has 1 aliphatic rings. The number of nitrogens with zero attached hydrogens (tertiary/aromatic N) is 3. The molecule has 1 amide bonds. The Kier molecular flexibility index (Phi) is 4.83. The number of aryl methyl sites for hydroxylation is 1. The molecule has 1 saturated heterocycles. The lowest BCUT2D eigenvalue weighted by Gasteiger charge is -2.27.